The third-order valence-corrected chi connectivity index (χ3v) is 1.72. The van der Waals surface area contributed by atoms with Crippen LogP contribution in [0.15, 0.2) is 6.20 Å². The van der Waals surface area contributed by atoms with Gasteiger partial charge in [0, 0.05) is 19.8 Å². The fraction of sp³-hybridized carbons (Fsp3) is 0.600. The minimum Gasteiger partial charge on any atom is -0.456 e. The Hall–Kier alpha value is -1.36. The van der Waals surface area contributed by atoms with Gasteiger partial charge in [-0.25, -0.2) is 4.79 Å². The first-order chi connectivity index (χ1) is 6.83. The maximum Gasteiger partial charge on any atom is 0.342 e. The van der Waals surface area contributed by atoms with Crippen molar-refractivity contribution < 1.29 is 9.53 Å². The van der Waals surface area contributed by atoms with Crippen LogP contribution in [-0.2, 0) is 18.3 Å². The maximum absolute atomic E-state index is 11.7. The van der Waals surface area contributed by atoms with Crippen molar-refractivity contribution in [3.63, 3.8) is 0 Å². The molecule has 0 amide bonds. The molecule has 0 fully saturated rings. The predicted molar refractivity (Wildman–Crippen MR) is 56.3 cm³/mol. The van der Waals surface area contributed by atoms with E-state index in [1.54, 1.807) is 17.9 Å². The second-order valence-electron chi connectivity index (χ2n) is 4.37. The molecule has 0 unspecified atom stereocenters. The molecule has 0 spiro atoms. The summed E-state index contributed by atoms with van der Waals surface area (Å²) in [4.78, 5) is 11.7. The summed E-state index contributed by atoms with van der Waals surface area (Å²) in [6, 6.07) is 0. The first-order valence-electron chi connectivity index (χ1n) is 4.79. The van der Waals surface area contributed by atoms with Gasteiger partial charge in [0.15, 0.2) is 0 Å². The summed E-state index contributed by atoms with van der Waals surface area (Å²) in [7, 11) is 1.74. The number of rotatable bonds is 2. The molecule has 5 heteroatoms. The molecule has 0 aliphatic carbocycles. The van der Waals surface area contributed by atoms with Crippen molar-refractivity contribution in [3.8, 4) is 0 Å². The van der Waals surface area contributed by atoms with Crippen LogP contribution in [0.3, 0.4) is 0 Å². The highest BCUT2D eigenvalue weighted by Crippen LogP contribution is 2.14. The average molecular weight is 211 g/mol. The summed E-state index contributed by atoms with van der Waals surface area (Å²) in [5.74, 6) is -0.379. The molecule has 0 bridgehead atoms. The van der Waals surface area contributed by atoms with E-state index in [1.807, 2.05) is 20.8 Å². The molecule has 1 rings (SSSR count). The molecular formula is C10H17N3O2. The monoisotopic (exact) mass is 211 g/mol. The van der Waals surface area contributed by atoms with Crippen molar-refractivity contribution in [2.45, 2.75) is 32.9 Å². The second-order valence-corrected chi connectivity index (χ2v) is 4.37. The highest BCUT2D eigenvalue weighted by atomic mass is 16.6. The highest BCUT2D eigenvalue weighted by molar-refractivity contribution is 5.90. The summed E-state index contributed by atoms with van der Waals surface area (Å²) in [6.45, 7) is 5.70. The van der Waals surface area contributed by atoms with Gasteiger partial charge in [0.25, 0.3) is 0 Å². The van der Waals surface area contributed by atoms with Gasteiger partial charge in [0.05, 0.1) is 5.69 Å². The Morgan fingerprint density at radius 2 is 2.20 bits per heavy atom. The summed E-state index contributed by atoms with van der Waals surface area (Å²) >= 11 is 0. The van der Waals surface area contributed by atoms with Crippen molar-refractivity contribution in [1.82, 2.24) is 9.78 Å². The predicted octanol–water partition coefficient (Wildman–Crippen LogP) is 0.834. The number of ether oxygens (including phenoxy) is 1. The van der Waals surface area contributed by atoms with Crippen molar-refractivity contribution in [1.29, 1.82) is 0 Å². The van der Waals surface area contributed by atoms with Gasteiger partial charge >= 0.3 is 5.97 Å². The molecule has 0 saturated heterocycles. The lowest BCUT2D eigenvalue weighted by atomic mass is 10.2. The third-order valence-electron chi connectivity index (χ3n) is 1.72. The zero-order chi connectivity index (χ0) is 11.6. The average Bonchev–Trinajstić information content (AvgIpc) is 2.43. The first-order valence-corrected chi connectivity index (χ1v) is 4.79. The molecule has 0 aliphatic rings. The van der Waals surface area contributed by atoms with Crippen LogP contribution in [0.25, 0.3) is 0 Å². The molecule has 0 aliphatic heterocycles. The van der Waals surface area contributed by atoms with E-state index in [2.05, 4.69) is 5.10 Å². The molecule has 1 aromatic heterocycles. The molecule has 2 N–H and O–H groups in total. The van der Waals surface area contributed by atoms with Crippen LogP contribution >= 0.6 is 0 Å². The number of esters is 1. The molecule has 84 valence electrons. The lowest BCUT2D eigenvalue weighted by molar-refractivity contribution is 0.00683. The smallest absolute Gasteiger partial charge is 0.342 e. The van der Waals surface area contributed by atoms with Crippen LogP contribution < -0.4 is 5.73 Å². The van der Waals surface area contributed by atoms with Gasteiger partial charge in [0.2, 0.25) is 0 Å². The number of carbonyl (C=O) groups excluding carboxylic acids is 1. The topological polar surface area (TPSA) is 70.1 Å². The molecule has 0 radical (unpaired) electrons. The number of aromatic nitrogens is 2. The number of nitrogens with zero attached hydrogens (tertiary/aromatic N) is 2. The standard InChI is InChI=1S/C10H17N3O2/c1-10(2,3)15-9(14)7-6-13(4)12-8(7)5-11/h6H,5,11H2,1-4H3. The zero-order valence-electron chi connectivity index (χ0n) is 9.57. The highest BCUT2D eigenvalue weighted by Gasteiger charge is 2.21. The number of hydrogen-bond acceptors (Lipinski definition) is 4. The maximum atomic E-state index is 11.7. The minimum absolute atomic E-state index is 0.232. The molecule has 0 aromatic carbocycles. The largest absolute Gasteiger partial charge is 0.456 e. The van der Waals surface area contributed by atoms with E-state index in [4.69, 9.17) is 10.5 Å². The molecular weight excluding hydrogens is 194 g/mol. The summed E-state index contributed by atoms with van der Waals surface area (Å²) in [5.41, 5.74) is 5.98. The second kappa shape index (κ2) is 4.02. The summed E-state index contributed by atoms with van der Waals surface area (Å²) in [6.07, 6.45) is 1.62. The van der Waals surface area contributed by atoms with E-state index in [0.717, 1.165) is 0 Å². The Labute approximate surface area is 89.2 Å². The lowest BCUT2D eigenvalue weighted by Gasteiger charge is -2.19. The van der Waals surface area contributed by atoms with E-state index in [0.29, 0.717) is 11.3 Å². The van der Waals surface area contributed by atoms with Crippen molar-refractivity contribution in [2.75, 3.05) is 0 Å². The molecule has 0 atom stereocenters. The Kier molecular flexibility index (Phi) is 3.14. The Bertz CT molecular complexity index is 363. The quantitative estimate of drug-likeness (QED) is 0.736. The lowest BCUT2D eigenvalue weighted by Crippen LogP contribution is -2.24. The van der Waals surface area contributed by atoms with Gasteiger partial charge in [-0.1, -0.05) is 0 Å². The van der Waals surface area contributed by atoms with Crippen LogP contribution in [-0.4, -0.2) is 21.4 Å². The van der Waals surface area contributed by atoms with E-state index >= 15 is 0 Å². The number of aryl methyl sites for hydroxylation is 1. The number of carbonyl (C=O) groups is 1. The van der Waals surface area contributed by atoms with Crippen LogP contribution in [0.4, 0.5) is 0 Å². The fourth-order valence-electron chi connectivity index (χ4n) is 1.19. The first kappa shape index (κ1) is 11.7. The summed E-state index contributed by atoms with van der Waals surface area (Å²) in [5, 5.41) is 4.07. The minimum atomic E-state index is -0.501. The summed E-state index contributed by atoms with van der Waals surface area (Å²) < 4.78 is 6.79. The molecule has 1 aromatic rings. The van der Waals surface area contributed by atoms with E-state index in [9.17, 15) is 4.79 Å². The van der Waals surface area contributed by atoms with Gasteiger partial charge in [-0.15, -0.1) is 0 Å². The van der Waals surface area contributed by atoms with Crippen molar-refractivity contribution >= 4 is 5.97 Å². The Morgan fingerprint density at radius 3 is 2.67 bits per heavy atom. The normalized spacial score (nSPS) is 11.5. The van der Waals surface area contributed by atoms with Crippen LogP contribution in [0, 0.1) is 0 Å². The van der Waals surface area contributed by atoms with Gasteiger partial charge in [-0.3, -0.25) is 4.68 Å². The molecule has 1 heterocycles. The Morgan fingerprint density at radius 1 is 1.60 bits per heavy atom. The SMILES string of the molecule is Cn1cc(C(=O)OC(C)(C)C)c(CN)n1. The Balaban J connectivity index is 2.91. The van der Waals surface area contributed by atoms with Crippen LogP contribution in [0.5, 0.6) is 0 Å². The van der Waals surface area contributed by atoms with Gasteiger partial charge in [-0.2, -0.15) is 5.10 Å². The molecule has 15 heavy (non-hydrogen) atoms. The van der Waals surface area contributed by atoms with Crippen molar-refractivity contribution in [3.05, 3.63) is 17.5 Å². The van der Waals surface area contributed by atoms with Crippen LogP contribution in [0.1, 0.15) is 36.8 Å². The number of nitrogens with two attached hydrogens (primary N) is 1. The van der Waals surface area contributed by atoms with Gasteiger partial charge in [0.1, 0.15) is 11.2 Å². The number of hydrogen-bond donors (Lipinski definition) is 1. The third kappa shape index (κ3) is 3.06. The molecule has 5 nitrogen and oxygen atoms in total. The fourth-order valence-corrected chi connectivity index (χ4v) is 1.19. The molecule has 0 saturated carbocycles. The van der Waals surface area contributed by atoms with E-state index in [1.165, 1.54) is 0 Å². The van der Waals surface area contributed by atoms with Crippen molar-refractivity contribution in [2.24, 2.45) is 12.8 Å². The van der Waals surface area contributed by atoms with E-state index in [-0.39, 0.29) is 12.5 Å². The van der Waals surface area contributed by atoms with Gasteiger partial charge < -0.3 is 10.5 Å². The van der Waals surface area contributed by atoms with Crippen LogP contribution in [0.2, 0.25) is 0 Å². The zero-order valence-corrected chi connectivity index (χ0v) is 9.57. The van der Waals surface area contributed by atoms with Gasteiger partial charge in [-0.05, 0) is 20.8 Å². The van der Waals surface area contributed by atoms with E-state index < -0.39 is 5.60 Å².